The molecule has 7 nitrogen and oxygen atoms in total. The Morgan fingerprint density at radius 3 is 2.04 bits per heavy atom. The minimum Gasteiger partial charge on any atom is -0.352 e. The van der Waals surface area contributed by atoms with E-state index in [-0.39, 0.29) is 12.3 Å². The second-order valence-corrected chi connectivity index (χ2v) is 8.47. The third-order valence-electron chi connectivity index (χ3n) is 6.56. The lowest BCUT2D eigenvalue weighted by Gasteiger charge is -2.54. The maximum atomic E-state index is 12.4. The maximum absolute atomic E-state index is 12.4. The van der Waals surface area contributed by atoms with Crippen LogP contribution >= 0.6 is 0 Å². The summed E-state index contributed by atoms with van der Waals surface area (Å²) in [7, 11) is 0. The topological polar surface area (TPSA) is 90.9 Å². The molecule has 4 fully saturated rings. The van der Waals surface area contributed by atoms with Gasteiger partial charge in [-0.25, -0.2) is 5.43 Å². The average molecular weight is 377 g/mol. The first-order valence-corrected chi connectivity index (χ1v) is 10.3. The normalized spacial score (nSPS) is 31.5. The van der Waals surface area contributed by atoms with E-state index in [1.54, 1.807) is 6.92 Å². The smallest absolute Gasteiger partial charge is 0.329 e. The van der Waals surface area contributed by atoms with Crippen LogP contribution in [0.5, 0.6) is 0 Å². The van der Waals surface area contributed by atoms with Crippen molar-refractivity contribution in [2.45, 2.75) is 65.3 Å². The largest absolute Gasteiger partial charge is 0.352 e. The second kappa shape index (κ2) is 8.40. The third-order valence-corrected chi connectivity index (χ3v) is 6.56. The van der Waals surface area contributed by atoms with Crippen LogP contribution in [-0.4, -0.2) is 47.5 Å². The molecule has 0 heterocycles. The fourth-order valence-electron chi connectivity index (χ4n) is 5.52. The van der Waals surface area contributed by atoms with Gasteiger partial charge in [0.15, 0.2) is 0 Å². The molecule has 0 aliphatic heterocycles. The van der Waals surface area contributed by atoms with Gasteiger partial charge in [0.25, 0.3) is 0 Å². The molecule has 2 N–H and O–H groups in total. The summed E-state index contributed by atoms with van der Waals surface area (Å²) in [6.45, 7) is 6.27. The van der Waals surface area contributed by atoms with Crippen LogP contribution in [0, 0.1) is 23.7 Å². The predicted octanol–water partition coefficient (Wildman–Crippen LogP) is 1.68. The van der Waals surface area contributed by atoms with Gasteiger partial charge in [0.1, 0.15) is 0 Å². The third kappa shape index (κ3) is 4.50. The second-order valence-electron chi connectivity index (χ2n) is 8.47. The molecule has 0 spiro atoms. The van der Waals surface area contributed by atoms with Gasteiger partial charge in [-0.2, -0.15) is 5.10 Å². The number of hydrogen-bond donors (Lipinski definition) is 2. The number of nitrogens with zero attached hydrogens (tertiary/aromatic N) is 2. The Labute approximate surface area is 161 Å². The molecule has 0 unspecified atom stereocenters. The molecular formula is C20H32N4O3. The molecular weight excluding hydrogens is 344 g/mol. The fourth-order valence-corrected chi connectivity index (χ4v) is 5.52. The molecule has 27 heavy (non-hydrogen) atoms. The molecule has 0 aromatic heterocycles. The highest BCUT2D eigenvalue weighted by Crippen LogP contribution is 2.53. The maximum Gasteiger partial charge on any atom is 0.329 e. The number of carbonyl (C=O) groups excluding carboxylic acids is 3. The summed E-state index contributed by atoms with van der Waals surface area (Å²) in [6.07, 6.45) is 6.57. The lowest BCUT2D eigenvalue weighted by molar-refractivity contribution is -0.145. The van der Waals surface area contributed by atoms with E-state index in [0.717, 1.165) is 11.8 Å². The first-order chi connectivity index (χ1) is 12.9. The van der Waals surface area contributed by atoms with Crippen LogP contribution < -0.4 is 10.7 Å². The number of likely N-dealkylation sites (N-methyl/N-ethyl adjacent to an activating group) is 1. The van der Waals surface area contributed by atoms with Crippen LogP contribution in [0.1, 0.15) is 59.3 Å². The quantitative estimate of drug-likeness (QED) is 0.420. The molecule has 0 aromatic carbocycles. The van der Waals surface area contributed by atoms with Gasteiger partial charge in [-0.05, 0) is 76.5 Å². The van der Waals surface area contributed by atoms with Gasteiger partial charge in [0.05, 0.1) is 6.42 Å². The minimum absolute atomic E-state index is 0.0435. The van der Waals surface area contributed by atoms with Crippen molar-refractivity contribution in [3.63, 3.8) is 0 Å². The molecule has 0 saturated heterocycles. The Morgan fingerprint density at radius 2 is 1.52 bits per heavy atom. The van der Waals surface area contributed by atoms with Crippen molar-refractivity contribution in [1.29, 1.82) is 0 Å². The molecule has 4 bridgehead atoms. The van der Waals surface area contributed by atoms with Gasteiger partial charge in [0, 0.05) is 24.8 Å². The van der Waals surface area contributed by atoms with Crippen LogP contribution in [0.4, 0.5) is 0 Å². The molecule has 0 radical (unpaired) electrons. The summed E-state index contributed by atoms with van der Waals surface area (Å²) >= 11 is 0. The summed E-state index contributed by atoms with van der Waals surface area (Å²) in [5.74, 6) is 1.61. The van der Waals surface area contributed by atoms with Crippen molar-refractivity contribution in [2.24, 2.45) is 28.8 Å². The predicted molar refractivity (Wildman–Crippen MR) is 103 cm³/mol. The van der Waals surface area contributed by atoms with E-state index in [2.05, 4.69) is 15.8 Å². The molecule has 4 aliphatic rings. The van der Waals surface area contributed by atoms with Gasteiger partial charge in [0.2, 0.25) is 5.91 Å². The van der Waals surface area contributed by atoms with Crippen LogP contribution in [-0.2, 0) is 14.4 Å². The highest BCUT2D eigenvalue weighted by atomic mass is 16.2. The van der Waals surface area contributed by atoms with Crippen LogP contribution in [0.3, 0.4) is 0 Å². The standard InChI is InChI=1S/C20H32N4O3/c1-4-24(5-2)20(27)19(26)23-22-12(3)6-17(25)21-18-15-8-13-7-14(10-15)11-16(18)9-13/h13-16,18H,4-11H2,1-3H3,(H,21,25)(H,23,26). The van der Waals surface area contributed by atoms with Gasteiger partial charge in [-0.3, -0.25) is 14.4 Å². The number of amides is 3. The van der Waals surface area contributed by atoms with Crippen molar-refractivity contribution in [3.05, 3.63) is 0 Å². The van der Waals surface area contributed by atoms with Crippen LogP contribution in [0.25, 0.3) is 0 Å². The first-order valence-electron chi connectivity index (χ1n) is 10.3. The van der Waals surface area contributed by atoms with Crippen LogP contribution in [0.15, 0.2) is 5.10 Å². The van der Waals surface area contributed by atoms with Crippen LogP contribution in [0.2, 0.25) is 0 Å². The van der Waals surface area contributed by atoms with Crippen molar-refractivity contribution < 1.29 is 14.4 Å². The number of nitrogens with one attached hydrogen (secondary N) is 2. The highest BCUT2D eigenvalue weighted by Gasteiger charge is 2.48. The SMILES string of the molecule is CCN(CC)C(=O)C(=O)NN=C(C)CC(=O)NC1C2CC3CC(C2)CC1C3. The van der Waals surface area contributed by atoms with E-state index >= 15 is 0 Å². The lowest BCUT2D eigenvalue weighted by atomic mass is 9.54. The number of hydrogen-bond acceptors (Lipinski definition) is 4. The van der Waals surface area contributed by atoms with Crippen molar-refractivity contribution in [1.82, 2.24) is 15.6 Å². The van der Waals surface area contributed by atoms with E-state index in [9.17, 15) is 14.4 Å². The molecule has 4 rings (SSSR count). The summed E-state index contributed by atoms with van der Waals surface area (Å²) in [4.78, 5) is 37.7. The van der Waals surface area contributed by atoms with Gasteiger partial charge in [-0.15, -0.1) is 0 Å². The van der Waals surface area contributed by atoms with Crippen molar-refractivity contribution in [3.8, 4) is 0 Å². The number of hydrazone groups is 1. The van der Waals surface area contributed by atoms with Gasteiger partial charge in [-0.1, -0.05) is 0 Å². The zero-order chi connectivity index (χ0) is 19.6. The monoisotopic (exact) mass is 376 g/mol. The van der Waals surface area contributed by atoms with E-state index in [4.69, 9.17) is 0 Å². The summed E-state index contributed by atoms with van der Waals surface area (Å²) in [5.41, 5.74) is 2.77. The van der Waals surface area contributed by atoms with Gasteiger partial charge < -0.3 is 10.2 Å². The highest BCUT2D eigenvalue weighted by molar-refractivity contribution is 6.35. The zero-order valence-electron chi connectivity index (χ0n) is 16.7. The Morgan fingerprint density at radius 1 is 0.963 bits per heavy atom. The number of carbonyl (C=O) groups is 3. The van der Waals surface area contributed by atoms with E-state index in [0.29, 0.717) is 36.7 Å². The molecule has 0 atom stereocenters. The molecule has 7 heteroatoms. The van der Waals surface area contributed by atoms with Crippen molar-refractivity contribution >= 4 is 23.4 Å². The lowest BCUT2D eigenvalue weighted by Crippen LogP contribution is -2.56. The molecule has 4 aliphatic carbocycles. The average Bonchev–Trinajstić information content (AvgIpc) is 2.63. The fraction of sp³-hybridized carbons (Fsp3) is 0.800. The van der Waals surface area contributed by atoms with E-state index in [1.165, 1.54) is 37.0 Å². The zero-order valence-corrected chi connectivity index (χ0v) is 16.7. The Bertz CT molecular complexity index is 599. The minimum atomic E-state index is -0.764. The Balaban J connectivity index is 1.47. The number of rotatable bonds is 6. The Kier molecular flexibility index (Phi) is 6.17. The molecule has 150 valence electrons. The van der Waals surface area contributed by atoms with Crippen molar-refractivity contribution in [2.75, 3.05) is 13.1 Å². The Hall–Kier alpha value is -1.92. The summed E-state index contributed by atoms with van der Waals surface area (Å²) < 4.78 is 0. The van der Waals surface area contributed by atoms with E-state index in [1.807, 2.05) is 13.8 Å². The molecule has 3 amide bonds. The van der Waals surface area contributed by atoms with E-state index < -0.39 is 11.8 Å². The van der Waals surface area contributed by atoms with Gasteiger partial charge >= 0.3 is 11.8 Å². The molecule has 4 saturated carbocycles. The summed E-state index contributed by atoms with van der Waals surface area (Å²) in [6, 6.07) is 0.303. The summed E-state index contributed by atoms with van der Waals surface area (Å²) in [5, 5.41) is 7.16. The molecule has 0 aromatic rings. The first kappa shape index (κ1) is 19.8.